The summed E-state index contributed by atoms with van der Waals surface area (Å²) in [5, 5.41) is 7.21. The molecule has 4 aromatic carbocycles. The molecule has 2 aliphatic heterocycles. The molecule has 2 atom stereocenters. The van der Waals surface area contributed by atoms with Crippen LogP contribution < -0.4 is 4.74 Å². The number of halogens is 1. The van der Waals surface area contributed by atoms with Gasteiger partial charge in [-0.2, -0.15) is 5.10 Å². The summed E-state index contributed by atoms with van der Waals surface area (Å²) in [6.45, 7) is 0. The molecule has 2 heterocycles. The minimum absolute atomic E-state index is 0.164. The van der Waals surface area contributed by atoms with Crippen LogP contribution >= 0.6 is 15.9 Å². The molecule has 0 saturated carbocycles. The lowest BCUT2D eigenvalue weighted by Gasteiger charge is -2.38. The second-order valence-corrected chi connectivity index (χ2v) is 9.07. The number of fused-ring (bicyclic) bond motifs is 3. The molecule has 0 radical (unpaired) electrons. The lowest BCUT2D eigenvalue weighted by atomic mass is 9.95. The van der Waals surface area contributed by atoms with Gasteiger partial charge in [0.15, 0.2) is 0 Å². The summed E-state index contributed by atoms with van der Waals surface area (Å²) in [6.07, 6.45) is 0.613. The summed E-state index contributed by atoms with van der Waals surface area (Å²) < 4.78 is 7.49. The van der Waals surface area contributed by atoms with Gasteiger partial charge in [0.1, 0.15) is 5.75 Å². The van der Waals surface area contributed by atoms with E-state index in [1.54, 1.807) is 0 Å². The predicted molar refractivity (Wildman–Crippen MR) is 132 cm³/mol. The number of ether oxygens (including phenoxy) is 1. The number of hydrogen-bond acceptors (Lipinski definition) is 3. The molecule has 6 rings (SSSR count). The topological polar surface area (TPSA) is 24.8 Å². The molecule has 4 aromatic rings. The third kappa shape index (κ3) is 3.41. The van der Waals surface area contributed by atoms with Crippen LogP contribution in [0.15, 0.2) is 113 Å². The third-order valence-electron chi connectivity index (χ3n) is 6.18. The first-order valence-corrected chi connectivity index (χ1v) is 11.6. The maximum Gasteiger partial charge on any atom is 0.213 e. The smallest absolute Gasteiger partial charge is 0.213 e. The lowest BCUT2D eigenvalue weighted by molar-refractivity contribution is -0.0190. The van der Waals surface area contributed by atoms with Gasteiger partial charge in [-0.3, -0.25) is 0 Å². The van der Waals surface area contributed by atoms with E-state index in [2.05, 4.69) is 112 Å². The molecular weight excluding hydrogens is 460 g/mol. The average Bonchev–Trinajstić information content (AvgIpc) is 3.31. The van der Waals surface area contributed by atoms with E-state index in [9.17, 15) is 0 Å². The monoisotopic (exact) mass is 480 g/mol. The van der Waals surface area contributed by atoms with Crippen molar-refractivity contribution in [3.63, 3.8) is 0 Å². The molecule has 0 N–H and O–H groups in total. The van der Waals surface area contributed by atoms with Gasteiger partial charge in [0.05, 0.1) is 11.8 Å². The fourth-order valence-corrected chi connectivity index (χ4v) is 4.81. The normalized spacial score (nSPS) is 19.0. The van der Waals surface area contributed by atoms with Gasteiger partial charge in [-0.15, -0.1) is 0 Å². The van der Waals surface area contributed by atoms with Crippen molar-refractivity contribution in [2.75, 3.05) is 0 Å². The van der Waals surface area contributed by atoms with E-state index in [1.165, 1.54) is 16.7 Å². The summed E-state index contributed by atoms with van der Waals surface area (Å²) in [7, 11) is 0. The van der Waals surface area contributed by atoms with Gasteiger partial charge < -0.3 is 4.74 Å². The molecule has 0 amide bonds. The van der Waals surface area contributed by atoms with Gasteiger partial charge in [0.25, 0.3) is 0 Å². The van der Waals surface area contributed by atoms with Crippen molar-refractivity contribution >= 4 is 21.6 Å². The van der Waals surface area contributed by atoms with Crippen molar-refractivity contribution < 1.29 is 4.74 Å². The zero-order valence-electron chi connectivity index (χ0n) is 17.4. The number of hydrazone groups is 1. The van der Waals surface area contributed by atoms with Gasteiger partial charge in [-0.25, -0.2) is 5.01 Å². The van der Waals surface area contributed by atoms with Crippen LogP contribution in [0.4, 0.5) is 0 Å². The highest BCUT2D eigenvalue weighted by Crippen LogP contribution is 2.47. The molecular formula is C28H21BrN2O. The molecule has 4 heteroatoms. The highest BCUT2D eigenvalue weighted by molar-refractivity contribution is 9.10. The Balaban J connectivity index is 1.36. The second-order valence-electron chi connectivity index (χ2n) is 8.15. The van der Waals surface area contributed by atoms with Crippen molar-refractivity contribution in [2.24, 2.45) is 5.10 Å². The summed E-state index contributed by atoms with van der Waals surface area (Å²) >= 11 is 3.53. The van der Waals surface area contributed by atoms with Gasteiger partial charge in [0, 0.05) is 22.0 Å². The Bertz CT molecular complexity index is 1280. The van der Waals surface area contributed by atoms with Crippen molar-refractivity contribution in [3.05, 3.63) is 124 Å². The second kappa shape index (κ2) is 7.95. The van der Waals surface area contributed by atoms with Crippen LogP contribution in [-0.2, 0) is 0 Å². The lowest BCUT2D eigenvalue weighted by Crippen LogP contribution is -2.33. The Morgan fingerprint density at radius 2 is 1.38 bits per heavy atom. The molecule has 0 aromatic heterocycles. The summed E-state index contributed by atoms with van der Waals surface area (Å²) in [6, 6.07) is 36.0. The van der Waals surface area contributed by atoms with Crippen molar-refractivity contribution in [3.8, 4) is 16.9 Å². The summed E-state index contributed by atoms with van der Waals surface area (Å²) in [5.74, 6) is 0.942. The Hall–Kier alpha value is -3.37. The Morgan fingerprint density at radius 3 is 2.16 bits per heavy atom. The maximum absolute atomic E-state index is 6.44. The number of para-hydroxylation sites is 1. The molecule has 2 aliphatic rings. The van der Waals surface area contributed by atoms with Gasteiger partial charge in [-0.1, -0.05) is 101 Å². The van der Waals surface area contributed by atoms with Crippen LogP contribution in [0.5, 0.6) is 5.75 Å². The number of rotatable bonds is 3. The Labute approximate surface area is 196 Å². The number of hydrogen-bond donors (Lipinski definition) is 0. The van der Waals surface area contributed by atoms with E-state index in [-0.39, 0.29) is 12.3 Å². The van der Waals surface area contributed by atoms with E-state index in [4.69, 9.17) is 9.84 Å². The standard InChI is InChI=1S/C28H21BrN2O/c29-23-16-14-22(15-17-23)28-31-26(24-8-4-5-9-27(24)32-28)18-25(30-31)21-12-10-20(11-13-21)19-6-2-1-3-7-19/h1-17,26,28H,18H2/t26-,28-/m1/s1. The van der Waals surface area contributed by atoms with E-state index in [0.29, 0.717) is 0 Å². The molecule has 0 bridgehead atoms. The fraction of sp³-hybridized carbons (Fsp3) is 0.107. The Kier molecular flexibility index (Phi) is 4.80. The van der Waals surface area contributed by atoms with Gasteiger partial charge >= 0.3 is 0 Å². The van der Waals surface area contributed by atoms with Crippen LogP contribution in [0.2, 0.25) is 0 Å². The fourth-order valence-electron chi connectivity index (χ4n) is 4.54. The van der Waals surface area contributed by atoms with Crippen molar-refractivity contribution in [1.82, 2.24) is 5.01 Å². The molecule has 0 spiro atoms. The van der Waals surface area contributed by atoms with Crippen LogP contribution in [-0.4, -0.2) is 10.7 Å². The van der Waals surface area contributed by atoms with Crippen molar-refractivity contribution in [1.29, 1.82) is 0 Å². The first-order chi connectivity index (χ1) is 15.8. The highest BCUT2D eigenvalue weighted by Gasteiger charge is 2.40. The summed E-state index contributed by atoms with van der Waals surface area (Å²) in [4.78, 5) is 0. The molecule has 156 valence electrons. The number of nitrogens with zero attached hydrogens (tertiary/aromatic N) is 2. The number of benzene rings is 4. The predicted octanol–water partition coefficient (Wildman–Crippen LogP) is 7.36. The van der Waals surface area contributed by atoms with Crippen LogP contribution in [0.1, 0.15) is 35.4 Å². The SMILES string of the molecule is Brc1ccc([C@H]2Oc3ccccc3[C@H]3CC(c4ccc(-c5ccccc5)cc4)=NN32)cc1. The minimum Gasteiger partial charge on any atom is -0.464 e. The Morgan fingerprint density at radius 1 is 0.719 bits per heavy atom. The maximum atomic E-state index is 6.44. The van der Waals surface area contributed by atoms with E-state index in [1.807, 2.05) is 12.1 Å². The molecule has 3 nitrogen and oxygen atoms in total. The van der Waals surface area contributed by atoms with Crippen LogP contribution in [0.25, 0.3) is 11.1 Å². The average molecular weight is 481 g/mol. The minimum atomic E-state index is -0.246. The zero-order chi connectivity index (χ0) is 21.5. The first-order valence-electron chi connectivity index (χ1n) is 10.8. The largest absolute Gasteiger partial charge is 0.464 e. The molecule has 0 unspecified atom stereocenters. The summed E-state index contributed by atoms with van der Waals surface area (Å²) in [5.41, 5.74) is 6.98. The van der Waals surface area contributed by atoms with Crippen LogP contribution in [0.3, 0.4) is 0 Å². The molecule has 0 fully saturated rings. The van der Waals surface area contributed by atoms with E-state index < -0.39 is 0 Å². The van der Waals surface area contributed by atoms with Gasteiger partial charge in [-0.05, 0) is 34.9 Å². The van der Waals surface area contributed by atoms with E-state index in [0.717, 1.165) is 33.5 Å². The third-order valence-corrected chi connectivity index (χ3v) is 6.71. The highest BCUT2D eigenvalue weighted by atomic mass is 79.9. The van der Waals surface area contributed by atoms with Crippen LogP contribution in [0, 0.1) is 0 Å². The van der Waals surface area contributed by atoms with E-state index >= 15 is 0 Å². The quantitative estimate of drug-likeness (QED) is 0.306. The van der Waals surface area contributed by atoms with Gasteiger partial charge in [0.2, 0.25) is 6.23 Å². The molecule has 0 saturated heterocycles. The molecule has 0 aliphatic carbocycles. The molecule has 32 heavy (non-hydrogen) atoms. The first kappa shape index (κ1) is 19.3. The van der Waals surface area contributed by atoms with Crippen molar-refractivity contribution in [2.45, 2.75) is 18.7 Å². The zero-order valence-corrected chi connectivity index (χ0v) is 18.9.